The van der Waals surface area contributed by atoms with Crippen molar-refractivity contribution in [3.8, 4) is 0 Å². The van der Waals surface area contributed by atoms with Gasteiger partial charge in [-0.25, -0.2) is 9.78 Å². The zero-order chi connectivity index (χ0) is 17.4. The van der Waals surface area contributed by atoms with Crippen LogP contribution in [0, 0.1) is 12.8 Å². The van der Waals surface area contributed by atoms with Crippen LogP contribution in [0.5, 0.6) is 0 Å². The van der Waals surface area contributed by atoms with E-state index >= 15 is 0 Å². The molecule has 2 N–H and O–H groups in total. The normalized spacial score (nSPS) is 22.7. The third-order valence-corrected chi connectivity index (χ3v) is 5.64. The molecule has 2 heterocycles. The predicted molar refractivity (Wildman–Crippen MR) is 93.5 cm³/mol. The first kappa shape index (κ1) is 17.0. The highest BCUT2D eigenvalue weighted by Crippen LogP contribution is 2.38. The fourth-order valence-electron chi connectivity index (χ4n) is 4.25. The number of aromatic nitrogens is 2. The van der Waals surface area contributed by atoms with Gasteiger partial charge in [-0.05, 0) is 63.5 Å². The standard InChI is InChI=1S/C19H26N2O3/c1-4-13-9-10-20-18-17(13)16(19(23)24)12(3)21(18)11(2)14-5-7-15(22)8-6-14/h9-11,14-15,22H,4-8H2,1-3H3,(H,23,24). The first-order valence-electron chi connectivity index (χ1n) is 8.85. The molecule has 1 aliphatic carbocycles. The molecule has 130 valence electrons. The van der Waals surface area contributed by atoms with Crippen LogP contribution in [-0.2, 0) is 6.42 Å². The molecule has 0 bridgehead atoms. The summed E-state index contributed by atoms with van der Waals surface area (Å²) in [7, 11) is 0. The maximum atomic E-state index is 11.9. The molecule has 2 aromatic rings. The Labute approximate surface area is 142 Å². The van der Waals surface area contributed by atoms with E-state index in [1.165, 1.54) is 0 Å². The highest BCUT2D eigenvalue weighted by Gasteiger charge is 2.30. The van der Waals surface area contributed by atoms with Crippen LogP contribution in [0.4, 0.5) is 0 Å². The van der Waals surface area contributed by atoms with Crippen molar-refractivity contribution >= 4 is 17.0 Å². The van der Waals surface area contributed by atoms with E-state index in [2.05, 4.69) is 16.5 Å². The fourth-order valence-corrected chi connectivity index (χ4v) is 4.25. The Morgan fingerprint density at radius 1 is 1.38 bits per heavy atom. The summed E-state index contributed by atoms with van der Waals surface area (Å²) in [4.78, 5) is 16.4. The zero-order valence-corrected chi connectivity index (χ0v) is 14.6. The number of fused-ring (bicyclic) bond motifs is 1. The molecule has 0 saturated heterocycles. The topological polar surface area (TPSA) is 75.3 Å². The van der Waals surface area contributed by atoms with Gasteiger partial charge in [0, 0.05) is 23.3 Å². The van der Waals surface area contributed by atoms with Gasteiger partial charge in [-0.1, -0.05) is 6.92 Å². The Hall–Kier alpha value is -1.88. The number of aromatic carboxylic acids is 1. The smallest absolute Gasteiger partial charge is 0.338 e. The lowest BCUT2D eigenvalue weighted by atomic mass is 9.83. The van der Waals surface area contributed by atoms with Crippen molar-refractivity contribution in [3.63, 3.8) is 0 Å². The number of nitrogens with zero attached hydrogens (tertiary/aromatic N) is 2. The van der Waals surface area contributed by atoms with E-state index in [0.717, 1.165) is 54.4 Å². The van der Waals surface area contributed by atoms with E-state index in [0.29, 0.717) is 11.5 Å². The average molecular weight is 330 g/mol. The van der Waals surface area contributed by atoms with Gasteiger partial charge in [0.1, 0.15) is 5.65 Å². The highest BCUT2D eigenvalue weighted by atomic mass is 16.4. The van der Waals surface area contributed by atoms with Crippen LogP contribution in [-0.4, -0.2) is 31.8 Å². The third kappa shape index (κ3) is 2.71. The summed E-state index contributed by atoms with van der Waals surface area (Å²) in [6, 6.07) is 2.09. The summed E-state index contributed by atoms with van der Waals surface area (Å²) in [6.07, 6.45) is 5.97. The number of aliphatic hydroxyl groups is 1. The lowest BCUT2D eigenvalue weighted by Crippen LogP contribution is -2.25. The Bertz CT molecular complexity index is 758. The van der Waals surface area contributed by atoms with E-state index in [1.54, 1.807) is 6.20 Å². The fraction of sp³-hybridized carbons (Fsp3) is 0.579. The van der Waals surface area contributed by atoms with Gasteiger partial charge in [0.25, 0.3) is 0 Å². The maximum absolute atomic E-state index is 11.9. The number of rotatable bonds is 4. The largest absolute Gasteiger partial charge is 0.478 e. The molecule has 0 aromatic carbocycles. The number of carboxylic acids is 1. The summed E-state index contributed by atoms with van der Waals surface area (Å²) >= 11 is 0. The molecule has 5 heteroatoms. The van der Waals surface area contributed by atoms with Crippen molar-refractivity contribution < 1.29 is 15.0 Å². The minimum absolute atomic E-state index is 0.174. The molecule has 3 rings (SSSR count). The van der Waals surface area contributed by atoms with Gasteiger partial charge in [-0.15, -0.1) is 0 Å². The summed E-state index contributed by atoms with van der Waals surface area (Å²) in [5, 5.41) is 20.3. The molecule has 0 amide bonds. The van der Waals surface area contributed by atoms with Crippen molar-refractivity contribution in [2.75, 3.05) is 0 Å². The summed E-state index contributed by atoms with van der Waals surface area (Å²) < 4.78 is 2.11. The van der Waals surface area contributed by atoms with Crippen molar-refractivity contribution in [2.45, 2.75) is 65.0 Å². The van der Waals surface area contributed by atoms with Crippen LogP contribution in [0.1, 0.15) is 67.2 Å². The molecule has 0 aliphatic heterocycles. The minimum atomic E-state index is -0.884. The number of carboxylic acid groups (broad SMARTS) is 1. The molecule has 1 aliphatic rings. The molecule has 0 spiro atoms. The van der Waals surface area contributed by atoms with Gasteiger partial charge in [0.2, 0.25) is 0 Å². The van der Waals surface area contributed by atoms with Gasteiger partial charge in [0.05, 0.1) is 11.7 Å². The number of hydrogen-bond donors (Lipinski definition) is 2. The SMILES string of the molecule is CCc1ccnc2c1c(C(=O)O)c(C)n2C(C)C1CCC(O)CC1. The van der Waals surface area contributed by atoms with Gasteiger partial charge >= 0.3 is 5.97 Å². The van der Waals surface area contributed by atoms with E-state index in [9.17, 15) is 15.0 Å². The first-order valence-corrected chi connectivity index (χ1v) is 8.85. The van der Waals surface area contributed by atoms with Crippen LogP contribution in [0.2, 0.25) is 0 Å². The lowest BCUT2D eigenvalue weighted by Gasteiger charge is -2.32. The minimum Gasteiger partial charge on any atom is -0.478 e. The van der Waals surface area contributed by atoms with E-state index < -0.39 is 5.97 Å². The molecule has 5 nitrogen and oxygen atoms in total. The highest BCUT2D eigenvalue weighted by molar-refractivity contribution is 6.05. The Balaban J connectivity index is 2.14. The average Bonchev–Trinajstić information content (AvgIpc) is 2.86. The van der Waals surface area contributed by atoms with Gasteiger partial charge in [-0.2, -0.15) is 0 Å². The Kier molecular flexibility index (Phi) is 4.63. The number of aliphatic hydroxyl groups excluding tert-OH is 1. The zero-order valence-electron chi connectivity index (χ0n) is 14.6. The molecular weight excluding hydrogens is 304 g/mol. The van der Waals surface area contributed by atoms with Gasteiger partial charge < -0.3 is 14.8 Å². The van der Waals surface area contributed by atoms with Crippen molar-refractivity contribution in [2.24, 2.45) is 5.92 Å². The van der Waals surface area contributed by atoms with Crippen LogP contribution < -0.4 is 0 Å². The van der Waals surface area contributed by atoms with E-state index in [4.69, 9.17) is 0 Å². The summed E-state index contributed by atoms with van der Waals surface area (Å²) in [5.74, 6) is -0.443. The van der Waals surface area contributed by atoms with Crippen LogP contribution in [0.15, 0.2) is 12.3 Å². The second-order valence-corrected chi connectivity index (χ2v) is 6.97. The molecule has 1 unspecified atom stereocenters. The third-order valence-electron chi connectivity index (χ3n) is 5.64. The first-order chi connectivity index (χ1) is 11.5. The lowest BCUT2D eigenvalue weighted by molar-refractivity contribution is 0.0697. The quantitative estimate of drug-likeness (QED) is 0.896. The van der Waals surface area contributed by atoms with E-state index in [-0.39, 0.29) is 12.1 Å². The number of hydrogen-bond acceptors (Lipinski definition) is 3. The predicted octanol–water partition coefficient (Wildman–Crippen LogP) is 3.72. The second kappa shape index (κ2) is 6.55. The molecule has 24 heavy (non-hydrogen) atoms. The van der Waals surface area contributed by atoms with Crippen LogP contribution >= 0.6 is 0 Å². The summed E-state index contributed by atoms with van der Waals surface area (Å²) in [6.45, 7) is 6.08. The number of carbonyl (C=O) groups is 1. The second-order valence-electron chi connectivity index (χ2n) is 6.97. The number of pyridine rings is 1. The van der Waals surface area contributed by atoms with Crippen LogP contribution in [0.25, 0.3) is 11.0 Å². The Morgan fingerprint density at radius 2 is 2.04 bits per heavy atom. The van der Waals surface area contributed by atoms with Gasteiger partial charge in [-0.3, -0.25) is 0 Å². The van der Waals surface area contributed by atoms with Crippen molar-refractivity contribution in [1.82, 2.24) is 9.55 Å². The van der Waals surface area contributed by atoms with Gasteiger partial charge in [0.15, 0.2) is 0 Å². The Morgan fingerprint density at radius 3 is 2.62 bits per heavy atom. The van der Waals surface area contributed by atoms with Crippen molar-refractivity contribution in [1.29, 1.82) is 0 Å². The van der Waals surface area contributed by atoms with Crippen molar-refractivity contribution in [3.05, 3.63) is 29.1 Å². The summed E-state index contributed by atoms with van der Waals surface area (Å²) in [5.41, 5.74) is 2.98. The molecule has 1 atom stereocenters. The molecule has 1 fully saturated rings. The monoisotopic (exact) mass is 330 g/mol. The molecule has 2 aromatic heterocycles. The maximum Gasteiger partial charge on any atom is 0.338 e. The molecular formula is C19H26N2O3. The van der Waals surface area contributed by atoms with Crippen LogP contribution in [0.3, 0.4) is 0 Å². The van der Waals surface area contributed by atoms with E-state index in [1.807, 2.05) is 19.9 Å². The molecule has 0 radical (unpaired) electrons. The molecule has 1 saturated carbocycles. The number of aryl methyl sites for hydroxylation is 1.